The summed E-state index contributed by atoms with van der Waals surface area (Å²) in [5, 5.41) is 10.0. The van der Waals surface area contributed by atoms with Crippen molar-refractivity contribution in [3.63, 3.8) is 0 Å². The predicted molar refractivity (Wildman–Crippen MR) is 122 cm³/mol. The Kier molecular flexibility index (Phi) is 5.21. The molecule has 3 heteroatoms. The van der Waals surface area contributed by atoms with E-state index in [1.54, 1.807) is 25.1 Å². The lowest BCUT2D eigenvalue weighted by Gasteiger charge is -2.34. The molecule has 3 aromatic carbocycles. The van der Waals surface area contributed by atoms with Gasteiger partial charge < -0.3 is 9.84 Å². The highest BCUT2D eigenvalue weighted by molar-refractivity contribution is 5.89. The minimum Gasteiger partial charge on any atom is -0.508 e. The van der Waals surface area contributed by atoms with E-state index in [1.807, 2.05) is 30.3 Å². The van der Waals surface area contributed by atoms with Gasteiger partial charge in [-0.15, -0.1) is 0 Å². The van der Waals surface area contributed by atoms with E-state index in [9.17, 15) is 9.90 Å². The van der Waals surface area contributed by atoms with Crippen molar-refractivity contribution in [3.8, 4) is 16.9 Å². The monoisotopic (exact) mass is 398 g/mol. The lowest BCUT2D eigenvalue weighted by molar-refractivity contribution is 0.0526. The van der Waals surface area contributed by atoms with Crippen molar-refractivity contribution < 1.29 is 14.6 Å². The smallest absolute Gasteiger partial charge is 0.338 e. The number of phenolic OH excluding ortho intramolecular Hbond substituents is 1. The number of carbonyl (C=O) groups is 1. The third-order valence-corrected chi connectivity index (χ3v) is 5.68. The van der Waals surface area contributed by atoms with Crippen molar-refractivity contribution in [2.75, 3.05) is 6.61 Å². The first kappa shape index (κ1) is 20.0. The second-order valence-electron chi connectivity index (χ2n) is 8.38. The zero-order valence-electron chi connectivity index (χ0n) is 17.6. The average molecular weight is 399 g/mol. The van der Waals surface area contributed by atoms with E-state index in [4.69, 9.17) is 4.74 Å². The Morgan fingerprint density at radius 1 is 0.967 bits per heavy atom. The third kappa shape index (κ3) is 3.88. The van der Waals surface area contributed by atoms with Gasteiger partial charge in [0.15, 0.2) is 0 Å². The zero-order chi connectivity index (χ0) is 21.3. The minimum atomic E-state index is -0.299. The fourth-order valence-corrected chi connectivity index (χ4v) is 4.16. The molecule has 0 amide bonds. The molecule has 0 heterocycles. The first-order valence-electron chi connectivity index (χ1n) is 10.3. The van der Waals surface area contributed by atoms with Gasteiger partial charge >= 0.3 is 5.97 Å². The summed E-state index contributed by atoms with van der Waals surface area (Å²) in [5.74, 6) is -0.00529. The maximum Gasteiger partial charge on any atom is 0.338 e. The van der Waals surface area contributed by atoms with Gasteiger partial charge in [-0.3, -0.25) is 0 Å². The third-order valence-electron chi connectivity index (χ3n) is 5.68. The average Bonchev–Trinajstić information content (AvgIpc) is 2.73. The zero-order valence-corrected chi connectivity index (χ0v) is 17.6. The molecule has 0 radical (unpaired) electrons. The molecule has 0 saturated heterocycles. The van der Waals surface area contributed by atoms with Crippen LogP contribution in [0.1, 0.15) is 53.4 Å². The van der Waals surface area contributed by atoms with Crippen LogP contribution in [0.15, 0.2) is 60.7 Å². The summed E-state index contributed by atoms with van der Waals surface area (Å²) < 4.78 is 5.03. The van der Waals surface area contributed by atoms with Gasteiger partial charge in [0, 0.05) is 0 Å². The number of aromatic hydroxyl groups is 1. The maximum atomic E-state index is 11.8. The van der Waals surface area contributed by atoms with Crippen molar-refractivity contribution in [3.05, 3.63) is 88.5 Å². The van der Waals surface area contributed by atoms with Gasteiger partial charge in [0.25, 0.3) is 0 Å². The highest BCUT2D eigenvalue weighted by atomic mass is 16.5. The molecule has 0 fully saturated rings. The Balaban J connectivity index is 1.64. The van der Waals surface area contributed by atoms with Crippen LogP contribution in [0, 0.1) is 0 Å². The van der Waals surface area contributed by atoms with Crippen molar-refractivity contribution in [1.29, 1.82) is 0 Å². The second kappa shape index (κ2) is 7.83. The van der Waals surface area contributed by atoms with Crippen LogP contribution >= 0.6 is 0 Å². The summed E-state index contributed by atoms with van der Waals surface area (Å²) in [5.41, 5.74) is 7.56. The Morgan fingerprint density at radius 3 is 2.40 bits per heavy atom. The molecular formula is C27H26O3. The lowest BCUT2D eigenvalue weighted by Crippen LogP contribution is -2.25. The molecule has 0 aromatic heterocycles. The Bertz CT molecular complexity index is 1120. The molecule has 0 spiro atoms. The summed E-state index contributed by atoms with van der Waals surface area (Å²) in [6.07, 6.45) is 5.06. The van der Waals surface area contributed by atoms with Gasteiger partial charge in [-0.2, -0.15) is 0 Å². The Morgan fingerprint density at radius 2 is 1.67 bits per heavy atom. The minimum absolute atomic E-state index is 0.0461. The van der Waals surface area contributed by atoms with Gasteiger partial charge in [-0.25, -0.2) is 4.79 Å². The van der Waals surface area contributed by atoms with Gasteiger partial charge in [0.2, 0.25) is 0 Å². The molecule has 1 aliphatic rings. The highest BCUT2D eigenvalue weighted by Gasteiger charge is 2.30. The largest absolute Gasteiger partial charge is 0.508 e. The van der Waals surface area contributed by atoms with Gasteiger partial charge in [-0.05, 0) is 82.5 Å². The van der Waals surface area contributed by atoms with E-state index in [0.29, 0.717) is 17.9 Å². The van der Waals surface area contributed by atoms with Gasteiger partial charge in [0.05, 0.1) is 12.2 Å². The molecular weight excluding hydrogens is 372 g/mol. The van der Waals surface area contributed by atoms with Crippen LogP contribution in [0.4, 0.5) is 0 Å². The number of esters is 1. The number of fused-ring (bicyclic) bond motifs is 3. The van der Waals surface area contributed by atoms with Crippen molar-refractivity contribution in [2.45, 2.75) is 32.6 Å². The number of rotatable bonds is 4. The van der Waals surface area contributed by atoms with E-state index < -0.39 is 0 Å². The topological polar surface area (TPSA) is 46.5 Å². The predicted octanol–water partition coefficient (Wildman–Crippen LogP) is 6.24. The van der Waals surface area contributed by atoms with Crippen LogP contribution in [0.25, 0.3) is 23.3 Å². The second-order valence-corrected chi connectivity index (χ2v) is 8.38. The molecule has 0 aliphatic heterocycles. The lowest BCUT2D eigenvalue weighted by atomic mass is 9.70. The van der Waals surface area contributed by atoms with Crippen LogP contribution < -0.4 is 0 Å². The summed E-state index contributed by atoms with van der Waals surface area (Å²) >= 11 is 0. The fourth-order valence-electron chi connectivity index (χ4n) is 4.16. The normalized spacial score (nSPS) is 14.2. The number of benzene rings is 3. The number of carbonyl (C=O) groups excluding carboxylic acids is 1. The first-order chi connectivity index (χ1) is 14.4. The SMILES string of the molecule is CCOC(=O)c1ccc(C=Cc2ccc3c(c2)-c2cc(O)ccc2CC3(C)C)cc1. The fraction of sp³-hybridized carbons (Fsp3) is 0.222. The molecule has 0 atom stereocenters. The van der Waals surface area contributed by atoms with Gasteiger partial charge in [0.1, 0.15) is 5.75 Å². The summed E-state index contributed by atoms with van der Waals surface area (Å²) in [4.78, 5) is 11.8. The first-order valence-corrected chi connectivity index (χ1v) is 10.3. The van der Waals surface area contributed by atoms with Crippen LogP contribution in [-0.2, 0) is 16.6 Å². The van der Waals surface area contributed by atoms with Crippen molar-refractivity contribution in [1.82, 2.24) is 0 Å². The quantitative estimate of drug-likeness (QED) is 0.418. The molecule has 0 unspecified atom stereocenters. The summed E-state index contributed by atoms with van der Waals surface area (Å²) in [6, 6.07) is 19.6. The van der Waals surface area contributed by atoms with Crippen molar-refractivity contribution >= 4 is 18.1 Å². The van der Waals surface area contributed by atoms with E-state index >= 15 is 0 Å². The molecule has 0 saturated carbocycles. The Labute approximate surface area is 177 Å². The van der Waals surface area contributed by atoms with Crippen LogP contribution in [0.5, 0.6) is 5.75 Å². The standard InChI is InChI=1S/C27H26O3/c1-4-30-26(29)20-10-7-18(8-11-20)5-6-19-9-14-25-24(15-19)23-16-22(28)13-12-21(23)17-27(25,2)3/h5-16,28H,4,17H2,1-3H3. The van der Waals surface area contributed by atoms with Crippen LogP contribution in [-0.4, -0.2) is 17.7 Å². The van der Waals surface area contributed by atoms with E-state index in [-0.39, 0.29) is 11.4 Å². The van der Waals surface area contributed by atoms with Crippen molar-refractivity contribution in [2.24, 2.45) is 0 Å². The summed E-state index contributed by atoms with van der Waals surface area (Å²) in [7, 11) is 0. The molecule has 3 nitrogen and oxygen atoms in total. The molecule has 1 aliphatic carbocycles. The van der Waals surface area contributed by atoms with E-state index in [1.165, 1.54) is 16.7 Å². The molecule has 1 N–H and O–H groups in total. The molecule has 152 valence electrons. The van der Waals surface area contributed by atoms with E-state index in [2.05, 4.69) is 38.1 Å². The Hall–Kier alpha value is -3.33. The van der Waals surface area contributed by atoms with Crippen LogP contribution in [0.2, 0.25) is 0 Å². The number of hydrogen-bond donors (Lipinski definition) is 1. The molecule has 4 rings (SSSR count). The number of phenols is 1. The molecule has 0 bridgehead atoms. The molecule has 3 aromatic rings. The highest BCUT2D eigenvalue weighted by Crippen LogP contribution is 2.44. The number of hydrogen-bond acceptors (Lipinski definition) is 3. The maximum absolute atomic E-state index is 11.8. The van der Waals surface area contributed by atoms with Crippen LogP contribution in [0.3, 0.4) is 0 Å². The summed E-state index contributed by atoms with van der Waals surface area (Å²) in [6.45, 7) is 6.70. The van der Waals surface area contributed by atoms with E-state index in [0.717, 1.165) is 23.1 Å². The molecule has 30 heavy (non-hydrogen) atoms. The number of ether oxygens (including phenoxy) is 1. The van der Waals surface area contributed by atoms with Gasteiger partial charge in [-0.1, -0.05) is 56.3 Å².